The van der Waals surface area contributed by atoms with Crippen LogP contribution in [0.5, 0.6) is 11.5 Å². The summed E-state index contributed by atoms with van der Waals surface area (Å²) in [5.74, 6) is -0.313. The summed E-state index contributed by atoms with van der Waals surface area (Å²) in [6.45, 7) is 3.14. The normalized spacial score (nSPS) is 15.9. The Morgan fingerprint density at radius 1 is 1.44 bits per heavy atom. The average Bonchev–Trinajstić information content (AvgIpc) is 2.55. The van der Waals surface area contributed by atoms with Crippen LogP contribution in [0.15, 0.2) is 12.1 Å². The fourth-order valence-corrected chi connectivity index (χ4v) is 2.06. The zero-order chi connectivity index (χ0) is 13.1. The number of benzene rings is 1. The van der Waals surface area contributed by atoms with Gasteiger partial charge >= 0.3 is 5.97 Å². The van der Waals surface area contributed by atoms with E-state index in [-0.39, 0.29) is 6.54 Å². The van der Waals surface area contributed by atoms with Crippen molar-refractivity contribution in [2.24, 2.45) is 5.73 Å². The van der Waals surface area contributed by atoms with E-state index < -0.39 is 11.9 Å². The van der Waals surface area contributed by atoms with Gasteiger partial charge in [-0.2, -0.15) is 0 Å². The molecule has 18 heavy (non-hydrogen) atoms. The second-order valence-corrected chi connectivity index (χ2v) is 4.34. The third-order valence-electron chi connectivity index (χ3n) is 2.99. The minimum absolute atomic E-state index is 0.0639. The zero-order valence-corrected chi connectivity index (χ0v) is 10.3. The zero-order valence-electron chi connectivity index (χ0n) is 10.3. The third-order valence-corrected chi connectivity index (χ3v) is 2.99. The highest BCUT2D eigenvalue weighted by molar-refractivity contribution is 5.77. The second-order valence-electron chi connectivity index (χ2n) is 4.34. The summed E-state index contributed by atoms with van der Waals surface area (Å²) in [4.78, 5) is 11.1. The van der Waals surface area contributed by atoms with Gasteiger partial charge in [-0.3, -0.25) is 4.79 Å². The van der Waals surface area contributed by atoms with Crippen LogP contribution in [0.2, 0.25) is 0 Å². The highest BCUT2D eigenvalue weighted by Crippen LogP contribution is 2.36. The van der Waals surface area contributed by atoms with E-state index in [0.29, 0.717) is 30.3 Å². The number of carboxylic acid groups (broad SMARTS) is 1. The van der Waals surface area contributed by atoms with Gasteiger partial charge in [-0.1, -0.05) is 6.07 Å². The fourth-order valence-electron chi connectivity index (χ4n) is 2.06. The molecule has 5 nitrogen and oxygen atoms in total. The molecule has 2 rings (SSSR count). The Hall–Kier alpha value is -1.75. The lowest BCUT2D eigenvalue weighted by atomic mass is 9.97. The smallest absolute Gasteiger partial charge is 0.312 e. The van der Waals surface area contributed by atoms with Gasteiger partial charge in [-0.25, -0.2) is 0 Å². The topological polar surface area (TPSA) is 81.8 Å². The maximum Gasteiger partial charge on any atom is 0.312 e. The summed E-state index contributed by atoms with van der Waals surface area (Å²) in [5, 5.41) is 9.13. The molecular weight excluding hydrogens is 234 g/mol. The lowest BCUT2D eigenvalue weighted by Gasteiger charge is -2.16. The van der Waals surface area contributed by atoms with Crippen LogP contribution in [0.3, 0.4) is 0 Å². The minimum Gasteiger partial charge on any atom is -0.490 e. The van der Waals surface area contributed by atoms with E-state index in [2.05, 4.69) is 0 Å². The van der Waals surface area contributed by atoms with Gasteiger partial charge in [0, 0.05) is 13.0 Å². The van der Waals surface area contributed by atoms with Gasteiger partial charge in [-0.15, -0.1) is 0 Å². The molecule has 1 heterocycles. The molecule has 0 aliphatic carbocycles. The van der Waals surface area contributed by atoms with E-state index in [1.54, 1.807) is 12.1 Å². The van der Waals surface area contributed by atoms with Crippen molar-refractivity contribution in [2.45, 2.75) is 19.3 Å². The van der Waals surface area contributed by atoms with Crippen molar-refractivity contribution in [3.05, 3.63) is 23.3 Å². The SMILES string of the molecule is Cc1cc(C(CN)C(=O)O)cc2c1OCCCO2. The fraction of sp³-hybridized carbons (Fsp3) is 0.462. The van der Waals surface area contributed by atoms with Crippen molar-refractivity contribution in [2.75, 3.05) is 19.8 Å². The van der Waals surface area contributed by atoms with E-state index in [4.69, 9.17) is 20.3 Å². The first-order chi connectivity index (χ1) is 8.63. The van der Waals surface area contributed by atoms with Gasteiger partial charge in [-0.05, 0) is 24.1 Å². The Kier molecular flexibility index (Phi) is 3.72. The predicted molar refractivity (Wildman–Crippen MR) is 66.2 cm³/mol. The largest absolute Gasteiger partial charge is 0.490 e. The molecule has 0 spiro atoms. The maximum absolute atomic E-state index is 11.1. The van der Waals surface area contributed by atoms with Crippen molar-refractivity contribution >= 4 is 5.97 Å². The predicted octanol–water partition coefficient (Wildman–Crippen LogP) is 1.28. The summed E-state index contributed by atoms with van der Waals surface area (Å²) in [6.07, 6.45) is 0.822. The van der Waals surface area contributed by atoms with E-state index >= 15 is 0 Å². The molecule has 0 saturated carbocycles. The van der Waals surface area contributed by atoms with Crippen LogP contribution in [-0.4, -0.2) is 30.8 Å². The molecule has 98 valence electrons. The Morgan fingerprint density at radius 2 is 2.17 bits per heavy atom. The van der Waals surface area contributed by atoms with E-state index in [9.17, 15) is 4.79 Å². The molecule has 0 saturated heterocycles. The van der Waals surface area contributed by atoms with Crippen LogP contribution in [0.25, 0.3) is 0 Å². The van der Waals surface area contributed by atoms with Gasteiger partial charge in [0.2, 0.25) is 0 Å². The van der Waals surface area contributed by atoms with Crippen LogP contribution >= 0.6 is 0 Å². The number of aliphatic carboxylic acids is 1. The first-order valence-electron chi connectivity index (χ1n) is 5.96. The number of ether oxygens (including phenoxy) is 2. The number of rotatable bonds is 3. The monoisotopic (exact) mass is 251 g/mol. The maximum atomic E-state index is 11.1. The molecule has 3 N–H and O–H groups in total. The molecule has 1 aliphatic rings. The number of carbonyl (C=O) groups is 1. The molecule has 1 atom stereocenters. The van der Waals surface area contributed by atoms with Crippen LogP contribution in [0.4, 0.5) is 0 Å². The lowest BCUT2D eigenvalue weighted by Crippen LogP contribution is -2.21. The van der Waals surface area contributed by atoms with Gasteiger partial charge in [0.15, 0.2) is 11.5 Å². The van der Waals surface area contributed by atoms with Crippen molar-refractivity contribution in [1.29, 1.82) is 0 Å². The van der Waals surface area contributed by atoms with Crippen LogP contribution < -0.4 is 15.2 Å². The van der Waals surface area contributed by atoms with Gasteiger partial charge in [0.05, 0.1) is 19.1 Å². The second kappa shape index (κ2) is 5.27. The molecule has 1 aromatic carbocycles. The molecule has 1 aromatic rings. The molecule has 0 bridgehead atoms. The number of nitrogens with two attached hydrogens (primary N) is 1. The quantitative estimate of drug-likeness (QED) is 0.845. The van der Waals surface area contributed by atoms with Crippen LogP contribution in [0.1, 0.15) is 23.5 Å². The number of hydrogen-bond acceptors (Lipinski definition) is 4. The highest BCUT2D eigenvalue weighted by Gasteiger charge is 2.22. The number of carboxylic acids is 1. The summed E-state index contributed by atoms with van der Waals surface area (Å²) in [7, 11) is 0. The summed E-state index contributed by atoms with van der Waals surface area (Å²) >= 11 is 0. The molecule has 1 unspecified atom stereocenters. The van der Waals surface area contributed by atoms with Gasteiger partial charge < -0.3 is 20.3 Å². The molecule has 1 aliphatic heterocycles. The summed E-state index contributed by atoms with van der Waals surface area (Å²) in [5.41, 5.74) is 7.05. The van der Waals surface area contributed by atoms with E-state index in [1.165, 1.54) is 0 Å². The molecule has 0 fully saturated rings. The number of hydrogen-bond donors (Lipinski definition) is 2. The Balaban J connectivity index is 2.42. The number of fused-ring (bicyclic) bond motifs is 1. The van der Waals surface area contributed by atoms with Crippen molar-refractivity contribution in [3.63, 3.8) is 0 Å². The lowest BCUT2D eigenvalue weighted by molar-refractivity contribution is -0.138. The number of aryl methyl sites for hydroxylation is 1. The highest BCUT2D eigenvalue weighted by atomic mass is 16.5. The summed E-state index contributed by atoms with van der Waals surface area (Å²) < 4.78 is 11.2. The van der Waals surface area contributed by atoms with Gasteiger partial charge in [0.25, 0.3) is 0 Å². The minimum atomic E-state index is -0.925. The standard InChI is InChI=1S/C13H17NO4/c1-8-5-9(10(7-14)13(15)16)6-11-12(8)18-4-2-3-17-11/h5-6,10H,2-4,7,14H2,1H3,(H,15,16). The summed E-state index contributed by atoms with van der Waals surface area (Å²) in [6, 6.07) is 3.53. The van der Waals surface area contributed by atoms with Crippen molar-refractivity contribution in [3.8, 4) is 11.5 Å². The van der Waals surface area contributed by atoms with Crippen LogP contribution in [0, 0.1) is 6.92 Å². The molecular formula is C13H17NO4. The Labute approximate surface area is 106 Å². The molecule has 0 radical (unpaired) electrons. The van der Waals surface area contributed by atoms with Crippen molar-refractivity contribution in [1.82, 2.24) is 0 Å². The first kappa shape index (κ1) is 12.7. The molecule has 5 heteroatoms. The third kappa shape index (κ3) is 2.41. The van der Waals surface area contributed by atoms with Crippen LogP contribution in [-0.2, 0) is 4.79 Å². The average molecular weight is 251 g/mol. The Bertz CT molecular complexity index is 459. The van der Waals surface area contributed by atoms with Crippen molar-refractivity contribution < 1.29 is 19.4 Å². The van der Waals surface area contributed by atoms with E-state index in [1.807, 2.05) is 6.92 Å². The molecule has 0 aromatic heterocycles. The Morgan fingerprint density at radius 3 is 2.83 bits per heavy atom. The first-order valence-corrected chi connectivity index (χ1v) is 5.96. The van der Waals surface area contributed by atoms with Gasteiger partial charge in [0.1, 0.15) is 0 Å². The van der Waals surface area contributed by atoms with E-state index in [0.717, 1.165) is 12.0 Å². The molecule has 0 amide bonds.